The maximum absolute atomic E-state index is 12.0. The van der Waals surface area contributed by atoms with Crippen molar-refractivity contribution in [3.05, 3.63) is 11.0 Å². The van der Waals surface area contributed by atoms with E-state index in [4.69, 9.17) is 0 Å². The summed E-state index contributed by atoms with van der Waals surface area (Å²) >= 11 is 1.81. The molecule has 1 nitrogen and oxygen atoms in total. The van der Waals surface area contributed by atoms with Gasteiger partial charge in [0.2, 0.25) is 0 Å². The van der Waals surface area contributed by atoms with Crippen LogP contribution >= 0.6 is 11.8 Å². The molecule has 0 aliphatic heterocycles. The molecule has 0 bridgehead atoms. The molecule has 1 rings (SSSR count). The molecule has 0 heterocycles. The number of rotatable bonds is 4. The van der Waals surface area contributed by atoms with Crippen LogP contribution in [0.1, 0.15) is 52.9 Å². The van der Waals surface area contributed by atoms with Gasteiger partial charge in [-0.05, 0) is 36.8 Å². The Morgan fingerprint density at radius 2 is 2.20 bits per heavy atom. The minimum atomic E-state index is -0.116. The van der Waals surface area contributed by atoms with Crippen molar-refractivity contribution in [2.75, 3.05) is 5.75 Å². The van der Waals surface area contributed by atoms with E-state index in [1.807, 2.05) is 0 Å². The van der Waals surface area contributed by atoms with Gasteiger partial charge in [-0.25, -0.2) is 0 Å². The molecule has 0 N–H and O–H groups in total. The van der Waals surface area contributed by atoms with Gasteiger partial charge in [0.25, 0.3) is 0 Å². The first-order valence-corrected chi connectivity index (χ1v) is 6.98. The maximum atomic E-state index is 12.0. The van der Waals surface area contributed by atoms with Crippen LogP contribution in [0.15, 0.2) is 11.0 Å². The molecule has 15 heavy (non-hydrogen) atoms. The second-order valence-corrected chi connectivity index (χ2v) is 5.91. The third-order valence-corrected chi connectivity index (χ3v) is 3.97. The van der Waals surface area contributed by atoms with Gasteiger partial charge in [-0.3, -0.25) is 4.79 Å². The molecule has 0 atom stereocenters. The summed E-state index contributed by atoms with van der Waals surface area (Å²) in [6, 6.07) is 0. The molecule has 0 amide bonds. The standard InChI is InChI=1S/C13H22OS/c1-4-5-9-15-10-11-7-6-8-13(2,3)12(11)14/h10H,4-9H2,1-3H3/b11-10-. The number of hydrogen-bond acceptors (Lipinski definition) is 2. The Labute approximate surface area is 97.7 Å². The number of thioether (sulfide) groups is 1. The van der Waals surface area contributed by atoms with Gasteiger partial charge < -0.3 is 0 Å². The van der Waals surface area contributed by atoms with E-state index in [0.717, 1.165) is 24.2 Å². The van der Waals surface area contributed by atoms with Gasteiger partial charge in [0.1, 0.15) is 0 Å². The second-order valence-electron chi connectivity index (χ2n) is 4.93. The van der Waals surface area contributed by atoms with Crippen molar-refractivity contribution in [1.82, 2.24) is 0 Å². The lowest BCUT2D eigenvalue weighted by Gasteiger charge is -2.29. The van der Waals surface area contributed by atoms with E-state index < -0.39 is 0 Å². The molecule has 0 aromatic carbocycles. The average Bonchev–Trinajstić information content (AvgIpc) is 2.19. The second kappa shape index (κ2) is 5.74. The molecule has 1 saturated carbocycles. The largest absolute Gasteiger partial charge is 0.294 e. The first-order valence-electron chi connectivity index (χ1n) is 5.93. The topological polar surface area (TPSA) is 17.1 Å². The maximum Gasteiger partial charge on any atom is 0.164 e. The molecular weight excluding hydrogens is 204 g/mol. The van der Waals surface area contributed by atoms with E-state index in [1.54, 1.807) is 11.8 Å². The Bertz CT molecular complexity index is 253. The SMILES string of the molecule is CCCCS/C=C1/CCCC(C)(C)C1=O. The molecule has 1 aliphatic rings. The first kappa shape index (κ1) is 12.8. The Hall–Kier alpha value is -0.240. The Kier molecular flexibility index (Phi) is 4.91. The third-order valence-electron chi connectivity index (χ3n) is 3.00. The van der Waals surface area contributed by atoms with Crippen molar-refractivity contribution in [2.24, 2.45) is 5.41 Å². The van der Waals surface area contributed by atoms with Crippen LogP contribution in [0.25, 0.3) is 0 Å². The minimum absolute atomic E-state index is 0.116. The predicted octanol–water partition coefficient (Wildman–Crippen LogP) is 4.18. The van der Waals surface area contributed by atoms with Crippen LogP contribution < -0.4 is 0 Å². The van der Waals surface area contributed by atoms with Crippen LogP contribution in [-0.4, -0.2) is 11.5 Å². The summed E-state index contributed by atoms with van der Waals surface area (Å²) in [6.45, 7) is 6.33. The van der Waals surface area contributed by atoms with E-state index in [-0.39, 0.29) is 5.41 Å². The predicted molar refractivity (Wildman–Crippen MR) is 68.1 cm³/mol. The van der Waals surface area contributed by atoms with Gasteiger partial charge in [0, 0.05) is 11.0 Å². The number of unbranched alkanes of at least 4 members (excludes halogenated alkanes) is 1. The first-order chi connectivity index (χ1) is 7.08. The van der Waals surface area contributed by atoms with Crippen LogP contribution in [0.3, 0.4) is 0 Å². The summed E-state index contributed by atoms with van der Waals surface area (Å²) in [6.07, 6.45) is 5.67. The minimum Gasteiger partial charge on any atom is -0.294 e. The average molecular weight is 226 g/mol. The van der Waals surface area contributed by atoms with Gasteiger partial charge >= 0.3 is 0 Å². The zero-order valence-electron chi connectivity index (χ0n) is 10.1. The number of Topliss-reactive ketones (excluding diaryl/α,β-unsaturated/α-hetero) is 1. The molecule has 1 fully saturated rings. The summed E-state index contributed by atoms with van der Waals surface area (Å²) < 4.78 is 0. The van der Waals surface area contributed by atoms with Gasteiger partial charge in [0.15, 0.2) is 5.78 Å². The summed E-state index contributed by atoms with van der Waals surface area (Å²) in [5.74, 6) is 1.52. The zero-order valence-corrected chi connectivity index (χ0v) is 11.0. The molecule has 86 valence electrons. The number of allylic oxidation sites excluding steroid dienone is 1. The number of hydrogen-bond donors (Lipinski definition) is 0. The molecule has 0 spiro atoms. The van der Waals surface area contributed by atoms with Crippen LogP contribution in [0.4, 0.5) is 0 Å². The van der Waals surface area contributed by atoms with E-state index in [1.165, 1.54) is 19.3 Å². The van der Waals surface area contributed by atoms with Crippen LogP contribution in [0, 0.1) is 5.41 Å². The highest BCUT2D eigenvalue weighted by molar-refractivity contribution is 8.02. The monoisotopic (exact) mass is 226 g/mol. The smallest absolute Gasteiger partial charge is 0.164 e. The van der Waals surface area contributed by atoms with Crippen molar-refractivity contribution in [3.8, 4) is 0 Å². The summed E-state index contributed by atoms with van der Waals surface area (Å²) in [4.78, 5) is 12.0. The normalized spacial score (nSPS) is 23.4. The van der Waals surface area contributed by atoms with Crippen LogP contribution in [0.2, 0.25) is 0 Å². The Balaban J connectivity index is 2.50. The molecule has 1 aliphatic carbocycles. The van der Waals surface area contributed by atoms with Gasteiger partial charge in [-0.1, -0.05) is 27.2 Å². The van der Waals surface area contributed by atoms with E-state index in [9.17, 15) is 4.79 Å². The molecular formula is C13H22OS. The summed E-state index contributed by atoms with van der Waals surface area (Å²) in [7, 11) is 0. The molecule has 0 unspecified atom stereocenters. The lowest BCUT2D eigenvalue weighted by Crippen LogP contribution is -2.29. The lowest BCUT2D eigenvalue weighted by molar-refractivity contribution is -0.124. The van der Waals surface area contributed by atoms with Gasteiger partial charge in [-0.2, -0.15) is 0 Å². The highest BCUT2D eigenvalue weighted by atomic mass is 32.2. The number of ketones is 1. The number of carbonyl (C=O) groups is 1. The van der Waals surface area contributed by atoms with Gasteiger partial charge in [0.05, 0.1) is 0 Å². The van der Waals surface area contributed by atoms with Gasteiger partial charge in [-0.15, -0.1) is 11.8 Å². The van der Waals surface area contributed by atoms with Crippen LogP contribution in [-0.2, 0) is 4.79 Å². The molecule has 0 radical (unpaired) electrons. The zero-order chi connectivity index (χ0) is 11.3. The molecule has 0 aromatic rings. The van der Waals surface area contributed by atoms with Crippen molar-refractivity contribution in [2.45, 2.75) is 52.9 Å². The van der Waals surface area contributed by atoms with Crippen molar-refractivity contribution in [1.29, 1.82) is 0 Å². The fourth-order valence-corrected chi connectivity index (χ4v) is 2.88. The quantitative estimate of drug-likeness (QED) is 0.528. The highest BCUT2D eigenvalue weighted by Gasteiger charge is 2.33. The molecule has 0 aromatic heterocycles. The van der Waals surface area contributed by atoms with Crippen molar-refractivity contribution >= 4 is 17.5 Å². The summed E-state index contributed by atoms with van der Waals surface area (Å²) in [5, 5.41) is 2.11. The fourth-order valence-electron chi connectivity index (χ4n) is 1.88. The van der Waals surface area contributed by atoms with Crippen LogP contribution in [0.5, 0.6) is 0 Å². The van der Waals surface area contributed by atoms with Crippen molar-refractivity contribution < 1.29 is 4.79 Å². The van der Waals surface area contributed by atoms with Crippen molar-refractivity contribution in [3.63, 3.8) is 0 Å². The fraction of sp³-hybridized carbons (Fsp3) is 0.769. The van der Waals surface area contributed by atoms with E-state index in [2.05, 4.69) is 26.2 Å². The van der Waals surface area contributed by atoms with E-state index in [0.29, 0.717) is 5.78 Å². The highest BCUT2D eigenvalue weighted by Crippen LogP contribution is 2.35. The summed E-state index contributed by atoms with van der Waals surface area (Å²) in [5.41, 5.74) is 0.947. The molecule has 2 heteroatoms. The molecule has 0 saturated heterocycles. The van der Waals surface area contributed by atoms with E-state index >= 15 is 0 Å². The Morgan fingerprint density at radius 1 is 1.47 bits per heavy atom. The lowest BCUT2D eigenvalue weighted by atomic mass is 9.74. The third kappa shape index (κ3) is 3.67. The number of carbonyl (C=O) groups excluding carboxylic acids is 1. The Morgan fingerprint density at radius 3 is 2.87 bits per heavy atom.